The molecule has 2 N–H and O–H groups in total. The predicted octanol–water partition coefficient (Wildman–Crippen LogP) is 0.390. The van der Waals surface area contributed by atoms with Gasteiger partial charge in [-0.3, -0.25) is 4.98 Å². The van der Waals surface area contributed by atoms with Crippen LogP contribution in [0, 0.1) is 11.3 Å². The van der Waals surface area contributed by atoms with Crippen molar-refractivity contribution in [3.63, 3.8) is 0 Å². The van der Waals surface area contributed by atoms with Crippen molar-refractivity contribution in [3.8, 4) is 6.07 Å². The zero-order valence-electron chi connectivity index (χ0n) is 6.96. The molecule has 0 bridgehead atoms. The number of aliphatic hydroxyl groups is 2. The van der Waals surface area contributed by atoms with Crippen LogP contribution in [0.5, 0.6) is 0 Å². The van der Waals surface area contributed by atoms with E-state index < -0.39 is 12.2 Å². The van der Waals surface area contributed by atoms with Crippen LogP contribution in [0.15, 0.2) is 24.5 Å². The van der Waals surface area contributed by atoms with Gasteiger partial charge in [-0.1, -0.05) is 0 Å². The Kier molecular flexibility index (Phi) is 3.38. The Morgan fingerprint density at radius 2 is 2.00 bits per heavy atom. The van der Waals surface area contributed by atoms with Crippen LogP contribution in [0.25, 0.3) is 0 Å². The molecule has 0 saturated carbocycles. The summed E-state index contributed by atoms with van der Waals surface area (Å²) in [6.45, 7) is 0. The Bertz CT molecular complexity index is 294. The van der Waals surface area contributed by atoms with E-state index in [-0.39, 0.29) is 6.42 Å². The number of nitriles is 1. The van der Waals surface area contributed by atoms with Crippen LogP contribution in [0.4, 0.5) is 0 Å². The van der Waals surface area contributed by atoms with Crippen LogP contribution in [0.3, 0.4) is 0 Å². The summed E-state index contributed by atoms with van der Waals surface area (Å²) in [7, 11) is 0. The Morgan fingerprint density at radius 3 is 2.54 bits per heavy atom. The molecule has 0 aromatic carbocycles. The third-order valence-electron chi connectivity index (χ3n) is 1.71. The van der Waals surface area contributed by atoms with E-state index in [2.05, 4.69) is 4.98 Å². The van der Waals surface area contributed by atoms with Gasteiger partial charge in [0, 0.05) is 12.4 Å². The molecule has 1 heterocycles. The van der Waals surface area contributed by atoms with Gasteiger partial charge in [0.15, 0.2) is 0 Å². The van der Waals surface area contributed by atoms with Gasteiger partial charge in [-0.05, 0) is 17.7 Å². The maximum absolute atomic E-state index is 9.49. The van der Waals surface area contributed by atoms with Crippen LogP contribution in [0.1, 0.15) is 18.1 Å². The predicted molar refractivity (Wildman–Crippen MR) is 45.4 cm³/mol. The molecule has 1 aromatic rings. The first kappa shape index (κ1) is 9.65. The smallest absolute Gasteiger partial charge is 0.106 e. The minimum absolute atomic E-state index is 0.0799. The highest BCUT2D eigenvalue weighted by Crippen LogP contribution is 2.17. The molecule has 2 unspecified atom stereocenters. The summed E-state index contributed by atoms with van der Waals surface area (Å²) >= 11 is 0. The van der Waals surface area contributed by atoms with E-state index in [9.17, 15) is 10.2 Å². The van der Waals surface area contributed by atoms with E-state index in [1.165, 1.54) is 12.4 Å². The molecule has 0 saturated heterocycles. The molecule has 0 radical (unpaired) electrons. The lowest BCUT2D eigenvalue weighted by Gasteiger charge is -2.14. The zero-order chi connectivity index (χ0) is 9.68. The molecular weight excluding hydrogens is 168 g/mol. The van der Waals surface area contributed by atoms with Gasteiger partial charge >= 0.3 is 0 Å². The molecule has 4 nitrogen and oxygen atoms in total. The van der Waals surface area contributed by atoms with Crippen molar-refractivity contribution in [3.05, 3.63) is 30.1 Å². The van der Waals surface area contributed by atoms with Crippen molar-refractivity contribution < 1.29 is 10.2 Å². The monoisotopic (exact) mass is 178 g/mol. The van der Waals surface area contributed by atoms with Crippen LogP contribution in [0.2, 0.25) is 0 Å². The van der Waals surface area contributed by atoms with E-state index in [1.54, 1.807) is 18.2 Å². The summed E-state index contributed by atoms with van der Waals surface area (Å²) < 4.78 is 0. The second kappa shape index (κ2) is 4.55. The van der Waals surface area contributed by atoms with Crippen molar-refractivity contribution >= 4 is 0 Å². The normalized spacial score (nSPS) is 14.5. The van der Waals surface area contributed by atoms with Crippen LogP contribution < -0.4 is 0 Å². The summed E-state index contributed by atoms with van der Waals surface area (Å²) in [6, 6.07) is 5.00. The van der Waals surface area contributed by atoms with Crippen LogP contribution >= 0.6 is 0 Å². The van der Waals surface area contributed by atoms with E-state index in [0.717, 1.165) is 0 Å². The van der Waals surface area contributed by atoms with Crippen molar-refractivity contribution in [1.82, 2.24) is 4.98 Å². The van der Waals surface area contributed by atoms with Gasteiger partial charge in [0.2, 0.25) is 0 Å². The molecule has 1 rings (SSSR count). The molecule has 0 amide bonds. The third kappa shape index (κ3) is 2.51. The highest BCUT2D eigenvalue weighted by Gasteiger charge is 2.17. The second-order valence-electron chi connectivity index (χ2n) is 2.65. The molecule has 13 heavy (non-hydrogen) atoms. The van der Waals surface area contributed by atoms with Gasteiger partial charge in [-0.2, -0.15) is 5.26 Å². The molecule has 0 fully saturated rings. The average molecular weight is 178 g/mol. The maximum Gasteiger partial charge on any atom is 0.106 e. The number of rotatable bonds is 3. The number of aliphatic hydroxyl groups excluding tert-OH is 2. The number of hydrogen-bond donors (Lipinski definition) is 2. The maximum atomic E-state index is 9.49. The van der Waals surface area contributed by atoms with Gasteiger partial charge in [0.05, 0.1) is 18.6 Å². The number of aromatic nitrogens is 1. The van der Waals surface area contributed by atoms with E-state index >= 15 is 0 Å². The van der Waals surface area contributed by atoms with Gasteiger partial charge in [0.1, 0.15) is 6.10 Å². The Labute approximate surface area is 76.1 Å². The Hall–Kier alpha value is -1.44. The van der Waals surface area contributed by atoms with Crippen molar-refractivity contribution in [2.75, 3.05) is 0 Å². The topological polar surface area (TPSA) is 77.1 Å². The quantitative estimate of drug-likeness (QED) is 0.701. The van der Waals surface area contributed by atoms with Gasteiger partial charge in [-0.15, -0.1) is 0 Å². The summed E-state index contributed by atoms with van der Waals surface area (Å²) in [6.07, 6.45) is 0.925. The lowest BCUT2D eigenvalue weighted by atomic mass is 10.0. The number of nitrogens with zero attached hydrogens (tertiary/aromatic N) is 2. The van der Waals surface area contributed by atoms with Crippen LogP contribution in [-0.4, -0.2) is 21.3 Å². The zero-order valence-corrected chi connectivity index (χ0v) is 6.96. The Morgan fingerprint density at radius 1 is 1.38 bits per heavy atom. The minimum atomic E-state index is -1.03. The molecule has 1 aromatic heterocycles. The van der Waals surface area contributed by atoms with Crippen molar-refractivity contribution in [1.29, 1.82) is 5.26 Å². The fourth-order valence-corrected chi connectivity index (χ4v) is 0.988. The van der Waals surface area contributed by atoms with E-state index in [4.69, 9.17) is 5.26 Å². The molecule has 4 heteroatoms. The van der Waals surface area contributed by atoms with E-state index in [1.807, 2.05) is 0 Å². The standard InChI is InChI=1S/C9H10N2O2/c10-4-1-8(12)9(13)7-2-5-11-6-3-7/h2-3,5-6,8-9,12-13H,1H2. The van der Waals surface area contributed by atoms with Gasteiger partial charge in [-0.25, -0.2) is 0 Å². The lowest BCUT2D eigenvalue weighted by Crippen LogP contribution is -2.17. The molecular formula is C9H10N2O2. The SMILES string of the molecule is N#CCC(O)C(O)c1ccncc1. The molecule has 0 aliphatic heterocycles. The van der Waals surface area contributed by atoms with Crippen LogP contribution in [-0.2, 0) is 0 Å². The van der Waals surface area contributed by atoms with Gasteiger partial charge < -0.3 is 10.2 Å². The minimum Gasteiger partial charge on any atom is -0.389 e. The summed E-state index contributed by atoms with van der Waals surface area (Å²) in [5.74, 6) is 0. The molecule has 0 aliphatic rings. The molecule has 0 aliphatic carbocycles. The van der Waals surface area contributed by atoms with Crippen molar-refractivity contribution in [2.24, 2.45) is 0 Å². The summed E-state index contributed by atoms with van der Waals surface area (Å²) in [5, 5.41) is 27.1. The average Bonchev–Trinajstić information content (AvgIpc) is 2.18. The molecule has 0 spiro atoms. The summed E-state index contributed by atoms with van der Waals surface area (Å²) in [4.78, 5) is 3.78. The fourth-order valence-electron chi connectivity index (χ4n) is 0.988. The lowest BCUT2D eigenvalue weighted by molar-refractivity contribution is 0.0216. The first-order valence-electron chi connectivity index (χ1n) is 3.88. The first-order chi connectivity index (χ1) is 6.25. The summed E-state index contributed by atoms with van der Waals surface area (Å²) in [5.41, 5.74) is 0.567. The molecule has 2 atom stereocenters. The highest BCUT2D eigenvalue weighted by atomic mass is 16.3. The molecule has 68 valence electrons. The van der Waals surface area contributed by atoms with E-state index in [0.29, 0.717) is 5.56 Å². The number of pyridine rings is 1. The number of hydrogen-bond acceptors (Lipinski definition) is 4. The largest absolute Gasteiger partial charge is 0.389 e. The third-order valence-corrected chi connectivity index (χ3v) is 1.71. The second-order valence-corrected chi connectivity index (χ2v) is 2.65. The Balaban J connectivity index is 2.69. The fraction of sp³-hybridized carbons (Fsp3) is 0.333. The van der Waals surface area contributed by atoms with Crippen molar-refractivity contribution in [2.45, 2.75) is 18.6 Å². The first-order valence-corrected chi connectivity index (χ1v) is 3.88. The van der Waals surface area contributed by atoms with Gasteiger partial charge in [0.25, 0.3) is 0 Å². The highest BCUT2D eigenvalue weighted by molar-refractivity contribution is 5.14.